The minimum absolute atomic E-state index is 0.0241. The van der Waals surface area contributed by atoms with E-state index in [4.69, 9.17) is 4.74 Å². The lowest BCUT2D eigenvalue weighted by atomic mass is 10.1. The van der Waals surface area contributed by atoms with Crippen molar-refractivity contribution in [3.63, 3.8) is 0 Å². The second-order valence-corrected chi connectivity index (χ2v) is 6.06. The first kappa shape index (κ1) is 16.4. The molecular formula is C17H19NO3S. The molecule has 1 heterocycles. The van der Waals surface area contributed by atoms with Crippen LogP contribution in [-0.4, -0.2) is 29.4 Å². The Morgan fingerprint density at radius 1 is 1.23 bits per heavy atom. The van der Waals surface area contributed by atoms with E-state index < -0.39 is 0 Å². The van der Waals surface area contributed by atoms with E-state index in [1.165, 1.54) is 18.7 Å². The van der Waals surface area contributed by atoms with Crippen LogP contribution in [0.2, 0.25) is 0 Å². The van der Waals surface area contributed by atoms with E-state index in [9.17, 15) is 9.59 Å². The van der Waals surface area contributed by atoms with Crippen molar-refractivity contribution in [2.24, 2.45) is 0 Å². The molecule has 0 aliphatic heterocycles. The van der Waals surface area contributed by atoms with Gasteiger partial charge in [0, 0.05) is 16.2 Å². The number of hydrogen-bond donors (Lipinski definition) is 1. The molecule has 0 aliphatic rings. The van der Waals surface area contributed by atoms with E-state index in [1.807, 2.05) is 31.2 Å². The summed E-state index contributed by atoms with van der Waals surface area (Å²) in [5.74, 6) is 0.995. The molecule has 0 spiro atoms. The number of aromatic nitrogens is 1. The Morgan fingerprint density at radius 3 is 2.50 bits per heavy atom. The average Bonchev–Trinajstić information content (AvgIpc) is 2.80. The third-order valence-electron chi connectivity index (χ3n) is 3.50. The van der Waals surface area contributed by atoms with Gasteiger partial charge >= 0.3 is 0 Å². The zero-order valence-electron chi connectivity index (χ0n) is 13.1. The Bertz CT molecular complexity index is 719. The van der Waals surface area contributed by atoms with E-state index in [2.05, 4.69) is 4.98 Å². The van der Waals surface area contributed by atoms with Crippen LogP contribution in [0, 0.1) is 13.8 Å². The fraction of sp³-hybridized carbons (Fsp3) is 0.294. The molecule has 1 aromatic heterocycles. The van der Waals surface area contributed by atoms with E-state index in [1.54, 1.807) is 14.0 Å². The molecule has 2 rings (SSSR count). The Labute approximate surface area is 134 Å². The van der Waals surface area contributed by atoms with E-state index in [-0.39, 0.29) is 11.6 Å². The zero-order valence-corrected chi connectivity index (χ0v) is 14.0. The van der Waals surface area contributed by atoms with Gasteiger partial charge in [0.15, 0.2) is 11.6 Å². The molecule has 116 valence electrons. The maximum Gasteiger partial charge on any atom is 0.189 e. The van der Waals surface area contributed by atoms with Crippen LogP contribution in [0.5, 0.6) is 5.75 Å². The van der Waals surface area contributed by atoms with Crippen molar-refractivity contribution in [1.82, 2.24) is 4.98 Å². The topological polar surface area (TPSA) is 59.2 Å². The summed E-state index contributed by atoms with van der Waals surface area (Å²) in [4.78, 5) is 28.0. The highest BCUT2D eigenvalue weighted by Crippen LogP contribution is 2.29. The lowest BCUT2D eigenvalue weighted by molar-refractivity contribution is 0.101. The lowest BCUT2D eigenvalue weighted by Crippen LogP contribution is -2.05. The maximum absolute atomic E-state index is 12.4. The van der Waals surface area contributed by atoms with Crippen molar-refractivity contribution in [2.75, 3.05) is 12.9 Å². The first-order valence-corrected chi connectivity index (χ1v) is 7.93. The van der Waals surface area contributed by atoms with Crippen molar-refractivity contribution in [3.05, 3.63) is 46.8 Å². The number of ether oxygens (including phenoxy) is 1. The van der Waals surface area contributed by atoms with Gasteiger partial charge in [-0.2, -0.15) is 0 Å². The largest absolute Gasteiger partial charge is 0.496 e. The molecule has 22 heavy (non-hydrogen) atoms. The van der Waals surface area contributed by atoms with Gasteiger partial charge in [0.1, 0.15) is 5.75 Å². The van der Waals surface area contributed by atoms with Crippen LogP contribution in [0.25, 0.3) is 0 Å². The quantitative estimate of drug-likeness (QED) is 0.650. The standard InChI is InChI=1S/C17H19NO3S/c1-10-16(12(3)19)11(2)18-17(10)13(20)9-22-15-8-6-5-7-14(15)21-4/h5-8,18H,9H2,1-4H3. The molecule has 0 fully saturated rings. The van der Waals surface area contributed by atoms with Gasteiger partial charge in [-0.05, 0) is 38.5 Å². The molecule has 0 radical (unpaired) electrons. The van der Waals surface area contributed by atoms with Crippen LogP contribution in [0.3, 0.4) is 0 Å². The minimum atomic E-state index is -0.0253. The van der Waals surface area contributed by atoms with Crippen LogP contribution in [0.15, 0.2) is 29.2 Å². The van der Waals surface area contributed by atoms with Crippen molar-refractivity contribution in [3.8, 4) is 5.75 Å². The second kappa shape index (κ2) is 6.83. The van der Waals surface area contributed by atoms with Gasteiger partial charge in [-0.25, -0.2) is 0 Å². The number of aryl methyl sites for hydroxylation is 1. The predicted molar refractivity (Wildman–Crippen MR) is 88.3 cm³/mol. The molecule has 1 N–H and O–H groups in total. The Balaban J connectivity index is 2.17. The number of aromatic amines is 1. The highest BCUT2D eigenvalue weighted by molar-refractivity contribution is 8.00. The van der Waals surface area contributed by atoms with Gasteiger partial charge in [0.05, 0.1) is 18.6 Å². The first-order chi connectivity index (χ1) is 10.5. The minimum Gasteiger partial charge on any atom is -0.496 e. The SMILES string of the molecule is COc1ccccc1SCC(=O)c1[nH]c(C)c(C(C)=O)c1C. The number of carbonyl (C=O) groups is 2. The molecule has 0 unspecified atom stereocenters. The van der Waals surface area contributed by atoms with E-state index in [0.29, 0.717) is 17.0 Å². The van der Waals surface area contributed by atoms with Crippen molar-refractivity contribution in [2.45, 2.75) is 25.7 Å². The number of rotatable bonds is 6. The first-order valence-electron chi connectivity index (χ1n) is 6.94. The molecule has 2 aromatic rings. The van der Waals surface area contributed by atoms with Gasteiger partial charge in [-0.1, -0.05) is 12.1 Å². The van der Waals surface area contributed by atoms with Crippen LogP contribution < -0.4 is 4.74 Å². The van der Waals surface area contributed by atoms with Crippen LogP contribution in [0.1, 0.15) is 39.0 Å². The molecule has 0 saturated carbocycles. The number of para-hydroxylation sites is 1. The Hall–Kier alpha value is -2.01. The molecule has 5 heteroatoms. The zero-order chi connectivity index (χ0) is 16.3. The number of nitrogens with one attached hydrogen (secondary N) is 1. The number of methoxy groups -OCH3 is 1. The van der Waals surface area contributed by atoms with E-state index in [0.717, 1.165) is 21.9 Å². The Morgan fingerprint density at radius 2 is 1.91 bits per heavy atom. The summed E-state index contributed by atoms with van der Waals surface area (Å²) in [5, 5.41) is 0. The Kier molecular flexibility index (Phi) is 5.08. The normalized spacial score (nSPS) is 10.5. The number of hydrogen-bond acceptors (Lipinski definition) is 4. The molecule has 1 aromatic carbocycles. The smallest absolute Gasteiger partial charge is 0.189 e. The van der Waals surface area contributed by atoms with Gasteiger partial charge in [-0.3, -0.25) is 9.59 Å². The van der Waals surface area contributed by atoms with Gasteiger partial charge in [-0.15, -0.1) is 11.8 Å². The number of Topliss-reactive ketones (excluding diaryl/α,β-unsaturated/α-hetero) is 2. The summed E-state index contributed by atoms with van der Waals surface area (Å²) in [6.45, 7) is 5.14. The van der Waals surface area contributed by atoms with Gasteiger partial charge in [0.25, 0.3) is 0 Å². The third kappa shape index (κ3) is 3.25. The fourth-order valence-corrected chi connectivity index (χ4v) is 3.41. The lowest BCUT2D eigenvalue weighted by Gasteiger charge is -2.07. The molecular weight excluding hydrogens is 298 g/mol. The molecule has 0 saturated heterocycles. The molecule has 0 bridgehead atoms. The maximum atomic E-state index is 12.4. The summed E-state index contributed by atoms with van der Waals surface area (Å²) in [5.41, 5.74) is 2.61. The average molecular weight is 317 g/mol. The number of ketones is 2. The third-order valence-corrected chi connectivity index (χ3v) is 4.55. The number of benzene rings is 1. The molecule has 0 aliphatic carbocycles. The molecule has 0 amide bonds. The fourth-order valence-electron chi connectivity index (χ4n) is 2.51. The number of carbonyl (C=O) groups excluding carboxylic acids is 2. The van der Waals surface area contributed by atoms with Gasteiger partial charge < -0.3 is 9.72 Å². The molecule has 4 nitrogen and oxygen atoms in total. The number of H-pyrrole nitrogens is 1. The highest BCUT2D eigenvalue weighted by atomic mass is 32.2. The summed E-state index contributed by atoms with van der Waals surface area (Å²) >= 11 is 1.43. The van der Waals surface area contributed by atoms with Gasteiger partial charge in [0.2, 0.25) is 0 Å². The summed E-state index contributed by atoms with van der Waals surface area (Å²) in [7, 11) is 1.61. The van der Waals surface area contributed by atoms with Crippen LogP contribution in [0.4, 0.5) is 0 Å². The second-order valence-electron chi connectivity index (χ2n) is 5.04. The van der Waals surface area contributed by atoms with E-state index >= 15 is 0 Å². The summed E-state index contributed by atoms with van der Waals surface area (Å²) in [6, 6.07) is 7.59. The number of thioether (sulfide) groups is 1. The van der Waals surface area contributed by atoms with Crippen LogP contribution >= 0.6 is 11.8 Å². The molecule has 0 atom stereocenters. The van der Waals surface area contributed by atoms with Crippen molar-refractivity contribution < 1.29 is 14.3 Å². The summed E-state index contributed by atoms with van der Waals surface area (Å²) < 4.78 is 5.28. The predicted octanol–water partition coefficient (Wildman–Crippen LogP) is 3.82. The summed E-state index contributed by atoms with van der Waals surface area (Å²) in [6.07, 6.45) is 0. The van der Waals surface area contributed by atoms with Crippen LogP contribution in [-0.2, 0) is 0 Å². The highest BCUT2D eigenvalue weighted by Gasteiger charge is 2.20. The monoisotopic (exact) mass is 317 g/mol. The van der Waals surface area contributed by atoms with Crippen molar-refractivity contribution >= 4 is 23.3 Å². The van der Waals surface area contributed by atoms with Crippen molar-refractivity contribution in [1.29, 1.82) is 0 Å².